The molecule has 8 nitrogen and oxygen atoms in total. The zero-order valence-corrected chi connectivity index (χ0v) is 16.5. The monoisotopic (exact) mass is 401 g/mol. The van der Waals surface area contributed by atoms with Crippen molar-refractivity contribution in [1.29, 1.82) is 0 Å². The summed E-state index contributed by atoms with van der Waals surface area (Å²) in [5.74, 6) is -0.909. The molecule has 27 heavy (non-hydrogen) atoms. The first-order valence-corrected chi connectivity index (χ1v) is 10.2. The van der Waals surface area contributed by atoms with Gasteiger partial charge in [0.15, 0.2) is 0 Å². The minimum absolute atomic E-state index is 0.0216. The molecule has 0 heterocycles. The van der Waals surface area contributed by atoms with Crippen molar-refractivity contribution in [3.05, 3.63) is 41.5 Å². The molecular weight excluding hydrogens is 372 g/mol. The fraction of sp³-hybridized carbons (Fsp3) is 0.500. The molecule has 0 fully saturated rings. The number of rotatable bonds is 11. The van der Waals surface area contributed by atoms with Crippen LogP contribution in [-0.2, 0) is 21.5 Å². The highest BCUT2D eigenvalue weighted by atomic mass is 32.2. The molecule has 1 amide bonds. The molecule has 0 saturated heterocycles. The molecule has 1 rings (SSSR count). The topological polar surface area (TPSA) is 124 Å². The second-order valence-corrected chi connectivity index (χ2v) is 8.62. The first-order chi connectivity index (χ1) is 12.5. The highest BCUT2D eigenvalue weighted by Gasteiger charge is 2.23. The number of nitrogens with one attached hydrogen (secondary N) is 1. The quantitative estimate of drug-likeness (QED) is 0.179. The van der Waals surface area contributed by atoms with E-state index in [1.165, 1.54) is 6.08 Å². The number of hydrogen-bond donors (Lipinski definition) is 4. The fourth-order valence-electron chi connectivity index (χ4n) is 2.64. The largest absolute Gasteiger partial charge is 0.392 e. The zero-order chi connectivity index (χ0) is 20.5. The van der Waals surface area contributed by atoms with Crippen molar-refractivity contribution in [2.24, 2.45) is 0 Å². The molecule has 152 valence electrons. The number of amides is 1. The summed E-state index contributed by atoms with van der Waals surface area (Å²) in [7, 11) is -0.526. The summed E-state index contributed by atoms with van der Waals surface area (Å²) in [6.07, 6.45) is 2.62. The average Bonchev–Trinajstić information content (AvgIpc) is 2.55. The summed E-state index contributed by atoms with van der Waals surface area (Å²) in [4.78, 5) is 11.8. The number of nitrogens with zero attached hydrogens (tertiary/aromatic N) is 1. The van der Waals surface area contributed by atoms with Gasteiger partial charge in [0.25, 0.3) is 10.1 Å². The van der Waals surface area contributed by atoms with E-state index in [9.17, 15) is 18.3 Å². The van der Waals surface area contributed by atoms with E-state index in [0.29, 0.717) is 24.0 Å². The van der Waals surface area contributed by atoms with Gasteiger partial charge in [-0.2, -0.15) is 8.42 Å². The number of likely N-dealkylation sites (N-methyl/N-ethyl adjacent to an activating group) is 1. The van der Waals surface area contributed by atoms with Crippen molar-refractivity contribution in [2.45, 2.75) is 19.1 Å². The lowest BCUT2D eigenvalue weighted by atomic mass is 10.1. The number of quaternary nitrogens is 1. The molecule has 0 aliphatic heterocycles. The van der Waals surface area contributed by atoms with Gasteiger partial charge in [0.2, 0.25) is 5.91 Å². The lowest BCUT2D eigenvalue weighted by Crippen LogP contribution is -2.48. The summed E-state index contributed by atoms with van der Waals surface area (Å²) in [6, 6.07) is 7.20. The van der Waals surface area contributed by atoms with E-state index in [2.05, 4.69) is 5.32 Å². The van der Waals surface area contributed by atoms with Gasteiger partial charge in [0.05, 0.1) is 27.2 Å². The van der Waals surface area contributed by atoms with E-state index in [1.807, 2.05) is 26.2 Å². The van der Waals surface area contributed by atoms with Gasteiger partial charge in [-0.15, -0.1) is 0 Å². The molecule has 1 atom stereocenters. The third kappa shape index (κ3) is 10.8. The van der Waals surface area contributed by atoms with Crippen LogP contribution in [0.1, 0.15) is 17.5 Å². The van der Waals surface area contributed by atoms with Gasteiger partial charge < -0.3 is 20.0 Å². The fourth-order valence-corrected chi connectivity index (χ4v) is 3.23. The van der Waals surface area contributed by atoms with Crippen LogP contribution in [0.5, 0.6) is 0 Å². The molecule has 0 radical (unpaired) electrons. The summed E-state index contributed by atoms with van der Waals surface area (Å²) in [5, 5.41) is 21.5. The Labute approximate surface area is 160 Å². The molecular formula is C18H29N2O6S+. The molecule has 0 spiro atoms. The summed E-state index contributed by atoms with van der Waals surface area (Å²) >= 11 is 0. The van der Waals surface area contributed by atoms with Gasteiger partial charge in [-0.1, -0.05) is 24.3 Å². The minimum Gasteiger partial charge on any atom is -0.392 e. The first kappa shape index (κ1) is 23.3. The number of aliphatic hydroxyl groups excluding tert-OH is 2. The lowest BCUT2D eigenvalue weighted by molar-refractivity contribution is -0.893. The van der Waals surface area contributed by atoms with E-state index < -0.39 is 22.0 Å². The third-order valence-corrected chi connectivity index (χ3v) is 4.74. The predicted molar refractivity (Wildman–Crippen MR) is 103 cm³/mol. The van der Waals surface area contributed by atoms with E-state index in [4.69, 9.17) is 9.66 Å². The number of aliphatic hydroxyl groups is 2. The van der Waals surface area contributed by atoms with Crippen LogP contribution in [-0.4, -0.2) is 79.2 Å². The third-order valence-electron chi connectivity index (χ3n) is 3.94. The number of carbonyl (C=O) groups is 1. The Morgan fingerprint density at radius 2 is 1.89 bits per heavy atom. The molecule has 0 aliphatic rings. The highest BCUT2D eigenvalue weighted by Crippen LogP contribution is 2.06. The van der Waals surface area contributed by atoms with Crippen LogP contribution in [0.4, 0.5) is 0 Å². The highest BCUT2D eigenvalue weighted by molar-refractivity contribution is 7.85. The van der Waals surface area contributed by atoms with Gasteiger partial charge in [-0.3, -0.25) is 9.35 Å². The van der Waals surface area contributed by atoms with E-state index in [1.54, 1.807) is 18.2 Å². The zero-order valence-electron chi connectivity index (χ0n) is 15.7. The maximum atomic E-state index is 11.8. The van der Waals surface area contributed by atoms with E-state index in [-0.39, 0.29) is 19.1 Å². The van der Waals surface area contributed by atoms with Gasteiger partial charge in [-0.05, 0) is 17.2 Å². The van der Waals surface area contributed by atoms with Crippen LogP contribution in [0.2, 0.25) is 0 Å². The Morgan fingerprint density at radius 3 is 2.44 bits per heavy atom. The maximum absolute atomic E-state index is 11.8. The summed E-state index contributed by atoms with van der Waals surface area (Å²) in [6.45, 7) is 1.22. The molecule has 1 unspecified atom stereocenters. The second-order valence-electron chi connectivity index (χ2n) is 7.12. The SMILES string of the molecule is C[N+](C)(CCCNC(=O)C=Cc1ccc(CO)cc1)CC(O)CS(=O)(=O)O. The van der Waals surface area contributed by atoms with E-state index >= 15 is 0 Å². The van der Waals surface area contributed by atoms with Crippen LogP contribution in [0.25, 0.3) is 6.08 Å². The molecule has 0 aromatic heterocycles. The predicted octanol–water partition coefficient (Wildman–Crippen LogP) is 0.0235. The first-order valence-electron chi connectivity index (χ1n) is 8.62. The standard InChI is InChI=1S/C18H28N2O6S/c1-20(2,12-17(22)14-27(24,25)26)11-3-10-19-18(23)9-8-15-4-6-16(13-21)7-5-15/h4-9,17,21-22H,3,10-14H2,1-2H3,(H-,19,23,24,25,26)/p+1. The van der Waals surface area contributed by atoms with Crippen molar-refractivity contribution in [2.75, 3.05) is 39.5 Å². The molecule has 4 N–H and O–H groups in total. The van der Waals surface area contributed by atoms with Crippen LogP contribution in [0.15, 0.2) is 30.3 Å². The van der Waals surface area contributed by atoms with Crippen molar-refractivity contribution < 1.29 is 32.5 Å². The smallest absolute Gasteiger partial charge is 0.267 e. The summed E-state index contributed by atoms with van der Waals surface area (Å²) in [5.41, 5.74) is 1.66. The number of carbonyl (C=O) groups excluding carboxylic acids is 1. The molecule has 0 aliphatic carbocycles. The van der Waals surface area contributed by atoms with Crippen molar-refractivity contribution >= 4 is 22.1 Å². The van der Waals surface area contributed by atoms with Crippen LogP contribution in [0.3, 0.4) is 0 Å². The lowest BCUT2D eigenvalue weighted by Gasteiger charge is -2.31. The van der Waals surface area contributed by atoms with Crippen molar-refractivity contribution in [3.63, 3.8) is 0 Å². The van der Waals surface area contributed by atoms with Crippen molar-refractivity contribution in [3.8, 4) is 0 Å². The molecule has 9 heteroatoms. The maximum Gasteiger partial charge on any atom is 0.267 e. The van der Waals surface area contributed by atoms with Gasteiger partial charge in [-0.25, -0.2) is 0 Å². The van der Waals surface area contributed by atoms with Gasteiger partial charge in [0, 0.05) is 19.0 Å². The Morgan fingerprint density at radius 1 is 1.26 bits per heavy atom. The Balaban J connectivity index is 2.32. The van der Waals surface area contributed by atoms with Crippen molar-refractivity contribution in [1.82, 2.24) is 5.32 Å². The number of benzene rings is 1. The van der Waals surface area contributed by atoms with Crippen LogP contribution < -0.4 is 5.32 Å². The molecule has 1 aromatic carbocycles. The van der Waals surface area contributed by atoms with Gasteiger partial charge in [0.1, 0.15) is 18.4 Å². The van der Waals surface area contributed by atoms with Crippen LogP contribution >= 0.6 is 0 Å². The average molecular weight is 402 g/mol. The Kier molecular flexibility index (Phi) is 9.07. The molecule has 0 bridgehead atoms. The Hall–Kier alpha value is -1.78. The molecule has 0 saturated carbocycles. The summed E-state index contributed by atoms with van der Waals surface area (Å²) < 4.78 is 30.7. The normalized spacial score (nSPS) is 13.7. The van der Waals surface area contributed by atoms with E-state index in [0.717, 1.165) is 11.1 Å². The Bertz CT molecular complexity index is 729. The van der Waals surface area contributed by atoms with Crippen LogP contribution in [0, 0.1) is 0 Å². The van der Waals surface area contributed by atoms with Gasteiger partial charge >= 0.3 is 0 Å². The second kappa shape index (κ2) is 10.5. The molecule has 1 aromatic rings. The number of hydrogen-bond acceptors (Lipinski definition) is 5. The minimum atomic E-state index is -4.20.